The van der Waals surface area contributed by atoms with Crippen LogP contribution in [0.1, 0.15) is 11.5 Å². The van der Waals surface area contributed by atoms with Crippen molar-refractivity contribution in [1.29, 1.82) is 0 Å². The largest absolute Gasteiger partial charge is 0.334 e. The highest BCUT2D eigenvalue weighted by atomic mass is 32.2. The summed E-state index contributed by atoms with van der Waals surface area (Å²) in [7, 11) is -3.72. The molecule has 2 aromatic rings. The number of aromatic nitrogens is 2. The number of hydrogen-bond acceptors (Lipinski definition) is 4. The highest BCUT2D eigenvalue weighted by Crippen LogP contribution is 2.31. The lowest BCUT2D eigenvalue weighted by Crippen LogP contribution is -2.32. The van der Waals surface area contributed by atoms with Crippen molar-refractivity contribution in [2.45, 2.75) is 17.1 Å². The standard InChI is InChI=1S/C13H15FN4O2S/c14-11-4-2-1-3-9(11)10-7-18(8-12(10)15)21(19,20)13-16-5-6-17-13/h1-6,10,12H,7-8,15H2,(H,16,17)/t10-,12+/m0/s1. The minimum atomic E-state index is -3.72. The second kappa shape index (κ2) is 5.21. The maximum Gasteiger partial charge on any atom is 0.276 e. The molecule has 1 aliphatic heterocycles. The van der Waals surface area contributed by atoms with Crippen molar-refractivity contribution in [1.82, 2.24) is 14.3 Å². The molecular weight excluding hydrogens is 295 g/mol. The van der Waals surface area contributed by atoms with Gasteiger partial charge in [-0.3, -0.25) is 0 Å². The van der Waals surface area contributed by atoms with Crippen molar-refractivity contribution in [3.8, 4) is 0 Å². The Morgan fingerprint density at radius 1 is 1.33 bits per heavy atom. The van der Waals surface area contributed by atoms with E-state index in [1.165, 1.54) is 22.8 Å². The molecule has 1 aromatic carbocycles. The van der Waals surface area contributed by atoms with Gasteiger partial charge in [-0.25, -0.2) is 17.8 Å². The number of aromatic amines is 1. The first-order valence-electron chi connectivity index (χ1n) is 6.49. The Morgan fingerprint density at radius 3 is 2.76 bits per heavy atom. The minimum Gasteiger partial charge on any atom is -0.334 e. The van der Waals surface area contributed by atoms with Gasteiger partial charge in [-0.15, -0.1) is 0 Å². The second-order valence-electron chi connectivity index (χ2n) is 5.01. The normalized spacial score (nSPS) is 23.5. The molecule has 21 heavy (non-hydrogen) atoms. The SMILES string of the molecule is N[C@@H]1CN(S(=O)(=O)c2ncc[nH]2)C[C@H]1c1ccccc1F. The topological polar surface area (TPSA) is 92.1 Å². The van der Waals surface area contributed by atoms with Gasteiger partial charge in [0, 0.05) is 37.4 Å². The third-order valence-corrected chi connectivity index (χ3v) is 5.38. The number of nitrogens with one attached hydrogen (secondary N) is 1. The lowest BCUT2D eigenvalue weighted by atomic mass is 9.94. The zero-order valence-electron chi connectivity index (χ0n) is 11.1. The van der Waals surface area contributed by atoms with Crippen LogP contribution in [0, 0.1) is 5.82 Å². The Labute approximate surface area is 121 Å². The van der Waals surface area contributed by atoms with Gasteiger partial charge in [0.05, 0.1) is 0 Å². The molecule has 0 spiro atoms. The van der Waals surface area contributed by atoms with Gasteiger partial charge in [0.15, 0.2) is 0 Å². The zero-order valence-corrected chi connectivity index (χ0v) is 11.9. The average Bonchev–Trinajstić information content (AvgIpc) is 3.09. The third-order valence-electron chi connectivity index (χ3n) is 3.69. The van der Waals surface area contributed by atoms with E-state index in [1.807, 2.05) is 0 Å². The Morgan fingerprint density at radius 2 is 2.10 bits per heavy atom. The molecule has 1 fully saturated rings. The molecular formula is C13H15FN4O2S. The number of nitrogens with zero attached hydrogens (tertiary/aromatic N) is 2. The Balaban J connectivity index is 1.89. The maximum absolute atomic E-state index is 13.9. The summed E-state index contributed by atoms with van der Waals surface area (Å²) in [4.78, 5) is 6.35. The molecule has 0 bridgehead atoms. The third kappa shape index (κ3) is 2.45. The molecule has 3 rings (SSSR count). The number of sulfonamides is 1. The van der Waals surface area contributed by atoms with Gasteiger partial charge in [0.2, 0.25) is 5.16 Å². The summed E-state index contributed by atoms with van der Waals surface area (Å²) in [6.07, 6.45) is 2.81. The van der Waals surface area contributed by atoms with Crippen molar-refractivity contribution in [2.75, 3.05) is 13.1 Å². The summed E-state index contributed by atoms with van der Waals surface area (Å²) in [5.41, 5.74) is 6.46. The fraction of sp³-hybridized carbons (Fsp3) is 0.308. The first-order chi connectivity index (χ1) is 10.00. The van der Waals surface area contributed by atoms with Gasteiger partial charge >= 0.3 is 0 Å². The molecule has 2 atom stereocenters. The molecule has 8 heteroatoms. The molecule has 0 amide bonds. The summed E-state index contributed by atoms with van der Waals surface area (Å²) in [5.74, 6) is -0.730. The van der Waals surface area contributed by atoms with Gasteiger partial charge < -0.3 is 10.7 Å². The molecule has 1 saturated heterocycles. The van der Waals surface area contributed by atoms with Crippen molar-refractivity contribution in [3.05, 3.63) is 48.0 Å². The van der Waals surface area contributed by atoms with Gasteiger partial charge in [0.25, 0.3) is 10.0 Å². The molecule has 112 valence electrons. The van der Waals surface area contributed by atoms with Crippen LogP contribution in [-0.2, 0) is 10.0 Å². The van der Waals surface area contributed by atoms with Crippen molar-refractivity contribution in [3.63, 3.8) is 0 Å². The van der Waals surface area contributed by atoms with Crippen molar-refractivity contribution in [2.24, 2.45) is 5.73 Å². The molecule has 0 aliphatic carbocycles. The fourth-order valence-corrected chi connectivity index (χ4v) is 3.99. The zero-order chi connectivity index (χ0) is 15.0. The number of rotatable bonds is 3. The number of hydrogen-bond donors (Lipinski definition) is 2. The molecule has 1 aliphatic rings. The lowest BCUT2D eigenvalue weighted by molar-refractivity contribution is 0.463. The van der Waals surface area contributed by atoms with Crippen molar-refractivity contribution >= 4 is 10.0 Å². The summed E-state index contributed by atoms with van der Waals surface area (Å²) in [6, 6.07) is 5.85. The summed E-state index contributed by atoms with van der Waals surface area (Å²) < 4.78 is 39.9. The van der Waals surface area contributed by atoms with Crippen LogP contribution in [0.2, 0.25) is 0 Å². The predicted octanol–water partition coefficient (Wildman–Crippen LogP) is 0.664. The Kier molecular flexibility index (Phi) is 3.52. The monoisotopic (exact) mass is 310 g/mol. The average molecular weight is 310 g/mol. The first-order valence-corrected chi connectivity index (χ1v) is 7.93. The summed E-state index contributed by atoms with van der Waals surface area (Å²) in [6.45, 7) is 0.285. The minimum absolute atomic E-state index is 0.121. The van der Waals surface area contributed by atoms with E-state index < -0.39 is 16.1 Å². The highest BCUT2D eigenvalue weighted by Gasteiger charge is 2.40. The van der Waals surface area contributed by atoms with Crippen molar-refractivity contribution < 1.29 is 12.8 Å². The van der Waals surface area contributed by atoms with Crippen LogP contribution < -0.4 is 5.73 Å². The van der Waals surface area contributed by atoms with E-state index in [0.717, 1.165) is 0 Å². The van der Waals surface area contributed by atoms with Crippen LogP contribution >= 0.6 is 0 Å². The van der Waals surface area contributed by atoms with Crippen LogP contribution in [0.5, 0.6) is 0 Å². The smallest absolute Gasteiger partial charge is 0.276 e. The fourth-order valence-electron chi connectivity index (χ4n) is 2.61. The molecule has 2 heterocycles. The quantitative estimate of drug-likeness (QED) is 0.871. The summed E-state index contributed by atoms with van der Waals surface area (Å²) in [5, 5.41) is -0.121. The first kappa shape index (κ1) is 14.2. The lowest BCUT2D eigenvalue weighted by Gasteiger charge is -2.15. The van der Waals surface area contributed by atoms with Crippen LogP contribution in [-0.4, -0.2) is 41.8 Å². The van der Waals surface area contributed by atoms with Gasteiger partial charge in [-0.2, -0.15) is 4.31 Å². The number of benzene rings is 1. The van der Waals surface area contributed by atoms with E-state index in [4.69, 9.17) is 5.73 Å². The number of halogens is 1. The van der Waals surface area contributed by atoms with E-state index in [1.54, 1.807) is 18.2 Å². The van der Waals surface area contributed by atoms with E-state index in [2.05, 4.69) is 9.97 Å². The van der Waals surface area contributed by atoms with Crippen LogP contribution in [0.3, 0.4) is 0 Å². The van der Waals surface area contributed by atoms with Crippen LogP contribution in [0.15, 0.2) is 41.8 Å². The molecule has 6 nitrogen and oxygen atoms in total. The van der Waals surface area contributed by atoms with Gasteiger partial charge in [-0.1, -0.05) is 18.2 Å². The molecule has 0 unspecified atom stereocenters. The predicted molar refractivity (Wildman–Crippen MR) is 74.5 cm³/mol. The van der Waals surface area contributed by atoms with E-state index in [0.29, 0.717) is 5.56 Å². The molecule has 3 N–H and O–H groups in total. The van der Waals surface area contributed by atoms with Crippen LogP contribution in [0.4, 0.5) is 4.39 Å². The number of imidazole rings is 1. The van der Waals surface area contributed by atoms with Gasteiger partial charge in [0.1, 0.15) is 5.82 Å². The molecule has 1 aromatic heterocycles. The summed E-state index contributed by atoms with van der Waals surface area (Å²) >= 11 is 0. The van der Waals surface area contributed by atoms with Crippen LogP contribution in [0.25, 0.3) is 0 Å². The molecule has 0 radical (unpaired) electrons. The molecule has 0 saturated carbocycles. The number of H-pyrrole nitrogens is 1. The maximum atomic E-state index is 13.9. The highest BCUT2D eigenvalue weighted by molar-refractivity contribution is 7.89. The second-order valence-corrected chi connectivity index (χ2v) is 6.86. The number of nitrogens with two attached hydrogens (primary N) is 1. The van der Waals surface area contributed by atoms with Gasteiger partial charge in [-0.05, 0) is 11.6 Å². The Bertz CT molecular complexity index is 732. The van der Waals surface area contributed by atoms with E-state index in [-0.39, 0.29) is 30.0 Å². The Hall–Kier alpha value is -1.77. The van der Waals surface area contributed by atoms with E-state index in [9.17, 15) is 12.8 Å². The van der Waals surface area contributed by atoms with E-state index >= 15 is 0 Å².